The number of alkyl halides is 3. The van der Waals surface area contributed by atoms with Crippen LogP contribution < -0.4 is 4.90 Å². The van der Waals surface area contributed by atoms with Crippen molar-refractivity contribution in [1.29, 1.82) is 0 Å². The van der Waals surface area contributed by atoms with Crippen molar-refractivity contribution in [3.63, 3.8) is 0 Å². The number of benzene rings is 3. The zero-order valence-corrected chi connectivity index (χ0v) is 19.8. The van der Waals surface area contributed by atoms with E-state index in [1.807, 2.05) is 0 Å². The number of pyridine rings is 1. The highest BCUT2D eigenvalue weighted by Gasteiger charge is 2.33. The zero-order valence-electron chi connectivity index (χ0n) is 19.0. The number of phenols is 1. The monoisotopic (exact) mass is 515 g/mol. The lowest BCUT2D eigenvalue weighted by Gasteiger charge is -2.41. The minimum Gasteiger partial charge on any atom is -0.505 e. The first-order valence-electron chi connectivity index (χ1n) is 11.4. The zero-order chi connectivity index (χ0) is 25.4. The summed E-state index contributed by atoms with van der Waals surface area (Å²) in [7, 11) is 0. The number of piperazine rings is 1. The minimum absolute atomic E-state index is 0.0548. The first-order valence-corrected chi connectivity index (χ1v) is 11.8. The molecule has 1 aliphatic heterocycles. The predicted octanol–water partition coefficient (Wildman–Crippen LogP) is 6.66. The van der Waals surface area contributed by atoms with Gasteiger partial charge in [-0.15, -0.1) is 0 Å². The van der Waals surface area contributed by atoms with Crippen molar-refractivity contribution in [3.05, 3.63) is 100 Å². The van der Waals surface area contributed by atoms with Crippen molar-refractivity contribution in [1.82, 2.24) is 9.88 Å². The highest BCUT2D eigenvalue weighted by Crippen LogP contribution is 2.42. The molecule has 1 fully saturated rings. The van der Waals surface area contributed by atoms with Crippen molar-refractivity contribution in [2.45, 2.75) is 12.2 Å². The summed E-state index contributed by atoms with van der Waals surface area (Å²) >= 11 is 6.55. The van der Waals surface area contributed by atoms with Crippen molar-refractivity contribution < 1.29 is 22.7 Å². The Morgan fingerprint density at radius 1 is 0.917 bits per heavy atom. The normalized spacial score (nSPS) is 15.9. The molecule has 1 aliphatic rings. The Hall–Kier alpha value is -3.36. The largest absolute Gasteiger partial charge is 0.505 e. The maximum Gasteiger partial charge on any atom is 0.416 e. The predicted molar refractivity (Wildman–Crippen MR) is 132 cm³/mol. The number of hydrogen-bond acceptors (Lipinski definition) is 4. The molecule has 1 atom stereocenters. The molecule has 4 aromatic rings. The molecule has 186 valence electrons. The minimum atomic E-state index is -4.45. The van der Waals surface area contributed by atoms with Crippen LogP contribution in [0.5, 0.6) is 5.75 Å². The molecule has 0 bridgehead atoms. The second-order valence-corrected chi connectivity index (χ2v) is 9.12. The van der Waals surface area contributed by atoms with Crippen LogP contribution in [0.15, 0.2) is 72.9 Å². The van der Waals surface area contributed by atoms with E-state index in [1.54, 1.807) is 36.5 Å². The summed E-state index contributed by atoms with van der Waals surface area (Å²) in [6.45, 7) is 2.34. The van der Waals surface area contributed by atoms with E-state index in [0.717, 1.165) is 17.8 Å². The van der Waals surface area contributed by atoms with E-state index >= 15 is 0 Å². The van der Waals surface area contributed by atoms with Crippen LogP contribution in [0.3, 0.4) is 0 Å². The fraction of sp³-hybridized carbons (Fsp3) is 0.222. The van der Waals surface area contributed by atoms with Gasteiger partial charge in [0.1, 0.15) is 17.1 Å². The van der Waals surface area contributed by atoms with Gasteiger partial charge in [0.25, 0.3) is 0 Å². The highest BCUT2D eigenvalue weighted by molar-refractivity contribution is 6.35. The molecule has 0 amide bonds. The van der Waals surface area contributed by atoms with Crippen LogP contribution in [-0.2, 0) is 6.18 Å². The smallest absolute Gasteiger partial charge is 0.416 e. The van der Waals surface area contributed by atoms with Crippen molar-refractivity contribution in [3.8, 4) is 5.75 Å². The van der Waals surface area contributed by atoms with Gasteiger partial charge < -0.3 is 10.0 Å². The third-order valence-electron chi connectivity index (χ3n) is 6.56. The Morgan fingerprint density at radius 2 is 1.58 bits per heavy atom. The van der Waals surface area contributed by atoms with Crippen LogP contribution in [-0.4, -0.2) is 41.2 Å². The number of hydrogen-bond donors (Lipinski definition) is 1. The van der Waals surface area contributed by atoms with Crippen molar-refractivity contribution in [2.24, 2.45) is 0 Å². The fourth-order valence-electron chi connectivity index (χ4n) is 4.75. The molecule has 0 spiro atoms. The number of halogens is 5. The van der Waals surface area contributed by atoms with Gasteiger partial charge in [-0.3, -0.25) is 9.88 Å². The van der Waals surface area contributed by atoms with Crippen LogP contribution in [0.4, 0.5) is 23.2 Å². The highest BCUT2D eigenvalue weighted by atomic mass is 35.5. The maximum absolute atomic E-state index is 13.3. The topological polar surface area (TPSA) is 39.6 Å². The molecule has 36 heavy (non-hydrogen) atoms. The lowest BCUT2D eigenvalue weighted by molar-refractivity contribution is -0.137. The molecule has 1 unspecified atom stereocenters. The second-order valence-electron chi connectivity index (χ2n) is 8.72. The van der Waals surface area contributed by atoms with Gasteiger partial charge in [0.15, 0.2) is 0 Å². The van der Waals surface area contributed by atoms with Crippen LogP contribution >= 0.6 is 11.6 Å². The second kappa shape index (κ2) is 9.59. The number of aromatic hydroxyl groups is 1. The molecule has 0 aliphatic carbocycles. The Morgan fingerprint density at radius 3 is 2.22 bits per heavy atom. The summed E-state index contributed by atoms with van der Waals surface area (Å²) in [4.78, 5) is 8.51. The van der Waals surface area contributed by atoms with E-state index in [2.05, 4.69) is 14.8 Å². The summed E-state index contributed by atoms with van der Waals surface area (Å²) in [5, 5.41) is 12.2. The Balaban J connectivity index is 1.53. The van der Waals surface area contributed by atoms with Gasteiger partial charge in [-0.2, -0.15) is 13.2 Å². The van der Waals surface area contributed by atoms with E-state index in [0.29, 0.717) is 53.2 Å². The average molecular weight is 516 g/mol. The fourth-order valence-corrected chi connectivity index (χ4v) is 5.02. The van der Waals surface area contributed by atoms with E-state index in [4.69, 9.17) is 11.6 Å². The molecule has 1 aromatic heterocycles. The van der Waals surface area contributed by atoms with Gasteiger partial charge in [-0.1, -0.05) is 23.7 Å². The van der Waals surface area contributed by atoms with E-state index in [-0.39, 0.29) is 11.6 Å². The number of anilines is 1. The molecular weight excluding hydrogens is 494 g/mol. The molecule has 0 radical (unpaired) electrons. The summed E-state index contributed by atoms with van der Waals surface area (Å²) in [6, 6.07) is 15.8. The molecular formula is C27H22ClF4N3O. The van der Waals surface area contributed by atoms with Gasteiger partial charge in [0, 0.05) is 49.0 Å². The van der Waals surface area contributed by atoms with Gasteiger partial charge in [-0.25, -0.2) is 4.39 Å². The van der Waals surface area contributed by atoms with Gasteiger partial charge >= 0.3 is 6.18 Å². The summed E-state index contributed by atoms with van der Waals surface area (Å²) in [6.07, 6.45) is -2.90. The van der Waals surface area contributed by atoms with Gasteiger partial charge in [0.05, 0.1) is 16.6 Å². The van der Waals surface area contributed by atoms with Crippen LogP contribution in [0.2, 0.25) is 5.02 Å². The molecule has 9 heteroatoms. The molecule has 1 saturated heterocycles. The summed E-state index contributed by atoms with van der Waals surface area (Å²) in [5.74, 6) is -0.363. The van der Waals surface area contributed by atoms with Gasteiger partial charge in [-0.05, 0) is 60.2 Å². The van der Waals surface area contributed by atoms with Crippen molar-refractivity contribution >= 4 is 28.2 Å². The number of fused-ring (bicyclic) bond motifs is 1. The maximum atomic E-state index is 13.3. The molecule has 1 N–H and O–H groups in total. The molecule has 2 heterocycles. The van der Waals surface area contributed by atoms with Crippen LogP contribution in [0.25, 0.3) is 10.9 Å². The molecule has 3 aromatic carbocycles. The first-order chi connectivity index (χ1) is 17.2. The SMILES string of the molecule is Oc1c(C(c2ccc(C(F)(F)F)cc2)N2CCN(c3ccc(F)cc3)CC2)cc(Cl)c2cccnc12. The lowest BCUT2D eigenvalue weighted by atomic mass is 9.93. The third-order valence-corrected chi connectivity index (χ3v) is 6.88. The lowest BCUT2D eigenvalue weighted by Crippen LogP contribution is -2.48. The number of nitrogens with zero attached hydrogens (tertiary/aromatic N) is 3. The van der Waals surface area contributed by atoms with E-state index in [1.165, 1.54) is 24.3 Å². The number of aromatic nitrogens is 1. The Bertz CT molecular complexity index is 1370. The Kier molecular flexibility index (Phi) is 6.49. The van der Waals surface area contributed by atoms with E-state index in [9.17, 15) is 22.7 Å². The van der Waals surface area contributed by atoms with E-state index < -0.39 is 17.8 Å². The summed E-state index contributed by atoms with van der Waals surface area (Å²) in [5.41, 5.74) is 1.56. The van der Waals surface area contributed by atoms with Gasteiger partial charge in [0.2, 0.25) is 0 Å². The number of phenolic OH excluding ortho intramolecular Hbond substituents is 1. The average Bonchev–Trinajstić information content (AvgIpc) is 2.88. The molecule has 0 saturated carbocycles. The standard InChI is InChI=1S/C27H22ClF4N3O/c28-23-16-22(26(36)24-21(23)2-1-11-33-24)25(17-3-5-18(6-4-17)27(30,31)32)35-14-12-34(13-15-35)20-9-7-19(29)8-10-20/h1-11,16,25,36H,12-15H2. The first kappa shape index (κ1) is 24.3. The van der Waals surface area contributed by atoms with Crippen LogP contribution in [0.1, 0.15) is 22.7 Å². The Labute approximate surface area is 210 Å². The number of rotatable bonds is 4. The van der Waals surface area contributed by atoms with Crippen molar-refractivity contribution in [2.75, 3.05) is 31.1 Å². The van der Waals surface area contributed by atoms with Crippen LogP contribution in [0, 0.1) is 5.82 Å². The summed E-state index contributed by atoms with van der Waals surface area (Å²) < 4.78 is 53.0. The molecule has 5 rings (SSSR count). The third kappa shape index (κ3) is 4.70. The quantitative estimate of drug-likeness (QED) is 0.308. The molecule has 4 nitrogen and oxygen atoms in total.